The summed E-state index contributed by atoms with van der Waals surface area (Å²) in [6.45, 7) is 0. The van der Waals surface area contributed by atoms with Crippen molar-refractivity contribution in [3.05, 3.63) is 109 Å². The van der Waals surface area contributed by atoms with Crippen molar-refractivity contribution in [2.75, 3.05) is 10.6 Å². The molecule has 0 spiro atoms. The molecule has 2 heterocycles. The van der Waals surface area contributed by atoms with Gasteiger partial charge in [-0.2, -0.15) is 0 Å². The van der Waals surface area contributed by atoms with Gasteiger partial charge in [-0.05, 0) is 11.1 Å². The van der Waals surface area contributed by atoms with Crippen LogP contribution in [0.4, 0.5) is 11.4 Å². The average molecular weight is 495 g/mol. The van der Waals surface area contributed by atoms with E-state index in [1.165, 1.54) is 12.4 Å². The predicted molar refractivity (Wildman–Crippen MR) is 139 cm³/mol. The maximum absolute atomic E-state index is 12.0. The van der Waals surface area contributed by atoms with Gasteiger partial charge in [-0.3, -0.25) is 19.6 Å². The second-order valence-corrected chi connectivity index (χ2v) is 7.93. The predicted octanol–water partition coefficient (Wildman–Crippen LogP) is 2.75. The van der Waals surface area contributed by atoms with Crippen molar-refractivity contribution < 1.29 is 18.9 Å². The van der Waals surface area contributed by atoms with E-state index >= 15 is 0 Å². The first-order chi connectivity index (χ1) is 18.0. The third-order valence-corrected chi connectivity index (χ3v) is 5.25. The largest absolute Gasteiger partial charge is 0.658 e. The van der Waals surface area contributed by atoms with E-state index in [1.54, 1.807) is 48.8 Å². The van der Waals surface area contributed by atoms with Crippen LogP contribution in [0.3, 0.4) is 0 Å². The number of nitrogens with two attached hydrogens (primary N) is 2. The van der Waals surface area contributed by atoms with E-state index in [4.69, 9.17) is 20.8 Å². The maximum Gasteiger partial charge on any atom is 0.658 e. The number of aromatic nitrogens is 2. The molecule has 4 rings (SSSR count). The second-order valence-electron chi connectivity index (χ2n) is 7.93. The molecule has 0 aliphatic carbocycles. The van der Waals surface area contributed by atoms with Crippen molar-refractivity contribution in [3.8, 4) is 11.5 Å². The monoisotopic (exact) mass is 495 g/mol. The van der Waals surface area contributed by atoms with Crippen molar-refractivity contribution in [1.29, 1.82) is 0 Å². The molecule has 0 saturated heterocycles. The minimum atomic E-state index is -0.736. The second kappa shape index (κ2) is 12.1. The molecule has 0 saturated carbocycles. The highest BCUT2D eigenvalue weighted by Gasteiger charge is 2.19. The molecule has 2 unspecified atom stereocenters. The van der Waals surface area contributed by atoms with E-state index in [-0.39, 0.29) is 0 Å². The maximum atomic E-state index is 12.0. The topological polar surface area (TPSA) is 154 Å². The lowest BCUT2D eigenvalue weighted by Gasteiger charge is -2.18. The zero-order chi connectivity index (χ0) is 26.0. The van der Waals surface area contributed by atoms with Gasteiger partial charge in [-0.15, -0.1) is 0 Å². The number of primary amides is 2. The summed E-state index contributed by atoms with van der Waals surface area (Å²) in [4.78, 5) is 32.2. The molecule has 2 aromatic heterocycles. The lowest BCUT2D eigenvalue weighted by atomic mass is 10.1. The first kappa shape index (κ1) is 25.1. The summed E-state index contributed by atoms with van der Waals surface area (Å²) in [6.07, 6.45) is 6.07. The van der Waals surface area contributed by atoms with E-state index in [0.717, 1.165) is 18.8 Å². The Hall–Kier alpha value is -5.06. The van der Waals surface area contributed by atoms with Gasteiger partial charge >= 0.3 is 7.69 Å². The standard InChI is InChI=1S/C26H24BN6O4/c28-25(34)23(17-7-3-1-4-8-17)32-19-11-21(15-30-13-19)36-27-37-22-12-20(14-31-16-22)33-24(26(29)35)18-9-5-2-6-10-18/h1-16,23-24,32-33H,(H2,28,34)(H2,29,35). The average Bonchev–Trinajstić information content (AvgIpc) is 2.91. The number of rotatable bonds is 12. The quantitative estimate of drug-likeness (QED) is 0.219. The van der Waals surface area contributed by atoms with Crippen molar-refractivity contribution in [2.24, 2.45) is 11.5 Å². The molecular weight excluding hydrogens is 471 g/mol. The minimum absolute atomic E-state index is 0.362. The van der Waals surface area contributed by atoms with Gasteiger partial charge < -0.3 is 31.4 Å². The number of hydrogen-bond acceptors (Lipinski definition) is 8. The highest BCUT2D eigenvalue weighted by Crippen LogP contribution is 2.24. The van der Waals surface area contributed by atoms with Crippen molar-refractivity contribution >= 4 is 30.9 Å². The van der Waals surface area contributed by atoms with Crippen LogP contribution in [0.5, 0.6) is 11.5 Å². The third-order valence-electron chi connectivity index (χ3n) is 5.25. The summed E-state index contributed by atoms with van der Waals surface area (Å²) in [6, 6.07) is 20.1. The lowest BCUT2D eigenvalue weighted by Crippen LogP contribution is -2.27. The van der Waals surface area contributed by atoms with Crippen LogP contribution in [0.2, 0.25) is 0 Å². The van der Waals surface area contributed by atoms with Gasteiger partial charge in [0.2, 0.25) is 11.8 Å². The first-order valence-electron chi connectivity index (χ1n) is 11.3. The SMILES string of the molecule is NC(=O)C(Nc1cncc(O[B]Oc2cncc(NC(C(N)=O)c3ccccc3)c2)c1)c1ccccc1. The molecule has 2 aromatic carbocycles. The number of benzene rings is 2. The van der Waals surface area contributed by atoms with Gasteiger partial charge in [0.25, 0.3) is 0 Å². The number of amides is 2. The van der Waals surface area contributed by atoms with Gasteiger partial charge in [0.15, 0.2) is 0 Å². The van der Waals surface area contributed by atoms with Crippen LogP contribution in [0, 0.1) is 0 Å². The number of nitrogens with zero attached hydrogens (tertiary/aromatic N) is 2. The molecule has 0 aliphatic heterocycles. The van der Waals surface area contributed by atoms with E-state index in [9.17, 15) is 9.59 Å². The fourth-order valence-electron chi connectivity index (χ4n) is 3.52. The van der Waals surface area contributed by atoms with E-state index < -0.39 is 23.9 Å². The molecule has 0 fully saturated rings. The molecule has 1 radical (unpaired) electrons. The Labute approximate surface area is 214 Å². The summed E-state index contributed by atoms with van der Waals surface area (Å²) in [5, 5.41) is 6.13. The van der Waals surface area contributed by atoms with Gasteiger partial charge in [-0.1, -0.05) is 60.7 Å². The number of anilines is 2. The van der Waals surface area contributed by atoms with Crippen LogP contribution in [-0.4, -0.2) is 29.5 Å². The smallest absolute Gasteiger partial charge is 0.525 e. The molecule has 0 aliphatic rings. The van der Waals surface area contributed by atoms with E-state index in [0.29, 0.717) is 22.9 Å². The zero-order valence-electron chi connectivity index (χ0n) is 19.7. The fourth-order valence-corrected chi connectivity index (χ4v) is 3.52. The summed E-state index contributed by atoms with van der Waals surface area (Å²) in [5.74, 6) is -0.332. The Morgan fingerprint density at radius 1 is 0.676 bits per heavy atom. The summed E-state index contributed by atoms with van der Waals surface area (Å²) >= 11 is 0. The lowest BCUT2D eigenvalue weighted by molar-refractivity contribution is -0.119. The zero-order valence-corrected chi connectivity index (χ0v) is 19.7. The van der Waals surface area contributed by atoms with Crippen LogP contribution in [0.1, 0.15) is 23.2 Å². The summed E-state index contributed by atoms with van der Waals surface area (Å²) in [7, 11) is 1.12. The summed E-state index contributed by atoms with van der Waals surface area (Å²) < 4.78 is 11.1. The molecule has 2 amide bonds. The first-order valence-corrected chi connectivity index (χ1v) is 11.3. The van der Waals surface area contributed by atoms with Crippen molar-refractivity contribution in [1.82, 2.24) is 9.97 Å². The van der Waals surface area contributed by atoms with Crippen molar-refractivity contribution in [3.63, 3.8) is 0 Å². The van der Waals surface area contributed by atoms with Crippen LogP contribution in [-0.2, 0) is 9.59 Å². The molecule has 6 N–H and O–H groups in total. The third kappa shape index (κ3) is 6.98. The Balaban J connectivity index is 1.36. The van der Waals surface area contributed by atoms with Crippen LogP contribution < -0.4 is 31.4 Å². The van der Waals surface area contributed by atoms with Crippen molar-refractivity contribution in [2.45, 2.75) is 12.1 Å². The van der Waals surface area contributed by atoms with E-state index in [1.807, 2.05) is 36.4 Å². The fraction of sp³-hybridized carbons (Fsp3) is 0.0769. The number of hydrogen-bond donors (Lipinski definition) is 4. The van der Waals surface area contributed by atoms with Crippen LogP contribution in [0.15, 0.2) is 97.6 Å². The number of carbonyl (C=O) groups is 2. The van der Waals surface area contributed by atoms with Gasteiger partial charge in [-0.25, -0.2) is 0 Å². The minimum Gasteiger partial charge on any atom is -0.525 e. The highest BCUT2D eigenvalue weighted by molar-refractivity contribution is 6.20. The molecule has 185 valence electrons. The molecular formula is C26H24BN6O4. The van der Waals surface area contributed by atoms with Gasteiger partial charge in [0.1, 0.15) is 23.6 Å². The molecule has 2 atom stereocenters. The summed E-state index contributed by atoms with van der Waals surface area (Å²) in [5.41, 5.74) is 13.7. The molecule has 4 aromatic rings. The molecule has 37 heavy (non-hydrogen) atoms. The normalized spacial score (nSPS) is 12.0. The Kier molecular flexibility index (Phi) is 8.17. The number of nitrogens with one attached hydrogen (secondary N) is 2. The highest BCUT2D eigenvalue weighted by atomic mass is 16.6. The van der Waals surface area contributed by atoms with Crippen LogP contribution in [0.25, 0.3) is 0 Å². The Morgan fingerprint density at radius 2 is 1.08 bits per heavy atom. The van der Waals surface area contributed by atoms with E-state index in [2.05, 4.69) is 20.6 Å². The molecule has 0 bridgehead atoms. The Morgan fingerprint density at radius 3 is 1.46 bits per heavy atom. The van der Waals surface area contributed by atoms with Gasteiger partial charge in [0.05, 0.1) is 36.2 Å². The number of carbonyl (C=O) groups excluding carboxylic acids is 2. The molecule has 11 heteroatoms. The Bertz CT molecular complexity index is 1240. The van der Waals surface area contributed by atoms with Gasteiger partial charge in [0, 0.05) is 12.1 Å². The molecule has 10 nitrogen and oxygen atoms in total. The van der Waals surface area contributed by atoms with Crippen LogP contribution >= 0.6 is 0 Å². The number of pyridine rings is 2.